The third-order valence-electron chi connectivity index (χ3n) is 2.95. The lowest BCUT2D eigenvalue weighted by atomic mass is 10.1. The van der Waals surface area contributed by atoms with Crippen LogP contribution in [0.5, 0.6) is 5.75 Å². The van der Waals surface area contributed by atoms with Crippen LogP contribution >= 0.6 is 15.9 Å². The van der Waals surface area contributed by atoms with Crippen LogP contribution in [0.1, 0.15) is 24.8 Å². The van der Waals surface area contributed by atoms with Gasteiger partial charge < -0.3 is 15.2 Å². The summed E-state index contributed by atoms with van der Waals surface area (Å²) in [6.45, 7) is 0.662. The van der Waals surface area contributed by atoms with Crippen molar-refractivity contribution in [3.8, 4) is 5.75 Å². The number of aliphatic hydroxyl groups is 1. The number of carbonyl (C=O) groups is 1. The quantitative estimate of drug-likeness (QED) is 0.897. The highest BCUT2D eigenvalue weighted by atomic mass is 79.9. The van der Waals surface area contributed by atoms with Crippen LogP contribution in [0.3, 0.4) is 0 Å². The molecule has 5 heteroatoms. The third-order valence-corrected chi connectivity index (χ3v) is 3.72. The fraction of sp³-hybridized carbons (Fsp3) is 0.462. The molecule has 0 aliphatic carbocycles. The smallest absolute Gasteiger partial charge is 0.261 e. The second-order valence-electron chi connectivity index (χ2n) is 4.30. The van der Waals surface area contributed by atoms with E-state index in [0.29, 0.717) is 5.75 Å². The van der Waals surface area contributed by atoms with E-state index in [1.807, 2.05) is 6.07 Å². The average molecular weight is 314 g/mol. The highest BCUT2D eigenvalue weighted by Gasteiger charge is 2.22. The first-order chi connectivity index (χ1) is 8.70. The van der Waals surface area contributed by atoms with E-state index in [2.05, 4.69) is 21.2 Å². The lowest BCUT2D eigenvalue weighted by Gasteiger charge is -2.16. The highest BCUT2D eigenvalue weighted by Crippen LogP contribution is 2.24. The normalized spacial score (nSPS) is 20.1. The number of hydrogen-bond acceptors (Lipinski definition) is 3. The molecule has 18 heavy (non-hydrogen) atoms. The van der Waals surface area contributed by atoms with Crippen molar-refractivity contribution in [3.05, 3.63) is 28.2 Å². The zero-order valence-corrected chi connectivity index (χ0v) is 11.6. The standard InChI is InChI=1S/C13H16BrNO3/c14-11-5-4-10(7-9(11)8-16)18-12-3-1-2-6-15-13(12)17/h4-5,7,12,16H,1-3,6,8H2,(H,15,17). The zero-order chi connectivity index (χ0) is 13.0. The van der Waals surface area contributed by atoms with Crippen LogP contribution in [0, 0.1) is 0 Å². The van der Waals surface area contributed by atoms with Crippen LogP contribution in [-0.2, 0) is 11.4 Å². The minimum Gasteiger partial charge on any atom is -0.481 e. The topological polar surface area (TPSA) is 58.6 Å². The van der Waals surface area contributed by atoms with Crippen molar-refractivity contribution in [2.75, 3.05) is 6.54 Å². The van der Waals surface area contributed by atoms with Gasteiger partial charge in [-0.25, -0.2) is 0 Å². The molecule has 1 heterocycles. The fourth-order valence-electron chi connectivity index (χ4n) is 1.93. The molecule has 0 radical (unpaired) electrons. The predicted molar refractivity (Wildman–Crippen MR) is 71.3 cm³/mol. The maximum absolute atomic E-state index is 11.7. The molecule has 1 saturated heterocycles. The summed E-state index contributed by atoms with van der Waals surface area (Å²) in [7, 11) is 0. The molecule has 1 amide bonds. The lowest BCUT2D eigenvalue weighted by molar-refractivity contribution is -0.127. The van der Waals surface area contributed by atoms with Crippen LogP contribution in [0.25, 0.3) is 0 Å². The predicted octanol–water partition coefficient (Wildman–Crippen LogP) is 1.99. The molecule has 1 unspecified atom stereocenters. The van der Waals surface area contributed by atoms with Crippen LogP contribution < -0.4 is 10.1 Å². The molecule has 0 aromatic heterocycles. The summed E-state index contributed by atoms with van der Waals surface area (Å²) in [5.41, 5.74) is 0.751. The van der Waals surface area contributed by atoms with Gasteiger partial charge in [0.2, 0.25) is 0 Å². The number of hydrogen-bond donors (Lipinski definition) is 2. The Labute approximate surface area is 114 Å². The first-order valence-corrected chi connectivity index (χ1v) is 6.83. The van der Waals surface area contributed by atoms with Crippen LogP contribution in [-0.4, -0.2) is 23.7 Å². The summed E-state index contributed by atoms with van der Waals surface area (Å²) in [5.74, 6) is 0.560. The van der Waals surface area contributed by atoms with Crippen LogP contribution in [0.2, 0.25) is 0 Å². The van der Waals surface area contributed by atoms with E-state index in [4.69, 9.17) is 4.74 Å². The second kappa shape index (κ2) is 6.20. The molecular formula is C13H16BrNO3. The Kier molecular flexibility index (Phi) is 4.60. The second-order valence-corrected chi connectivity index (χ2v) is 5.16. The maximum atomic E-state index is 11.7. The molecule has 1 aromatic rings. The first kappa shape index (κ1) is 13.4. The Hall–Kier alpha value is -1.07. The molecule has 1 atom stereocenters. The van der Waals surface area contributed by atoms with Crippen molar-refractivity contribution < 1.29 is 14.6 Å². The molecule has 1 aromatic carbocycles. The van der Waals surface area contributed by atoms with Crippen molar-refractivity contribution in [2.45, 2.75) is 32.0 Å². The summed E-state index contributed by atoms with van der Waals surface area (Å²) in [6, 6.07) is 5.36. The van der Waals surface area contributed by atoms with Crippen molar-refractivity contribution in [1.29, 1.82) is 0 Å². The van der Waals surface area contributed by atoms with Gasteiger partial charge in [0.15, 0.2) is 6.10 Å². The molecule has 1 aliphatic rings. The molecule has 1 aliphatic heterocycles. The summed E-state index contributed by atoms with van der Waals surface area (Å²) >= 11 is 3.35. The highest BCUT2D eigenvalue weighted by molar-refractivity contribution is 9.10. The number of ether oxygens (including phenoxy) is 1. The Bertz CT molecular complexity index is 436. The molecule has 2 rings (SSSR count). The molecule has 0 bridgehead atoms. The SMILES string of the molecule is O=C1NCCCCC1Oc1ccc(Br)c(CO)c1. The Morgan fingerprint density at radius 3 is 3.06 bits per heavy atom. The van der Waals surface area contributed by atoms with Crippen molar-refractivity contribution in [3.63, 3.8) is 0 Å². The number of amides is 1. The Balaban J connectivity index is 2.10. The number of benzene rings is 1. The summed E-state index contributed by atoms with van der Waals surface area (Å²) < 4.78 is 6.54. The van der Waals surface area contributed by atoms with E-state index in [-0.39, 0.29) is 12.5 Å². The minimum atomic E-state index is -0.430. The van der Waals surface area contributed by atoms with Crippen LogP contribution in [0.4, 0.5) is 0 Å². The molecule has 98 valence electrons. The van der Waals surface area contributed by atoms with Gasteiger partial charge in [-0.05, 0) is 43.0 Å². The number of nitrogens with one attached hydrogen (secondary N) is 1. The minimum absolute atomic E-state index is 0.0547. The molecule has 2 N–H and O–H groups in total. The number of halogens is 1. The van der Waals surface area contributed by atoms with Gasteiger partial charge in [0.1, 0.15) is 5.75 Å². The zero-order valence-electron chi connectivity index (χ0n) is 9.99. The lowest BCUT2D eigenvalue weighted by Crippen LogP contribution is -2.36. The number of aliphatic hydroxyl groups excluding tert-OH is 1. The van der Waals surface area contributed by atoms with Gasteiger partial charge in [0.25, 0.3) is 5.91 Å². The van der Waals surface area contributed by atoms with Crippen molar-refractivity contribution in [2.24, 2.45) is 0 Å². The largest absolute Gasteiger partial charge is 0.481 e. The van der Waals surface area contributed by atoms with E-state index >= 15 is 0 Å². The summed E-state index contributed by atoms with van der Waals surface area (Å²) in [4.78, 5) is 11.7. The summed E-state index contributed by atoms with van der Waals surface area (Å²) in [5, 5.41) is 12.0. The molecule has 4 nitrogen and oxygen atoms in total. The first-order valence-electron chi connectivity index (χ1n) is 6.04. The van der Waals surface area contributed by atoms with Crippen LogP contribution in [0.15, 0.2) is 22.7 Å². The van der Waals surface area contributed by atoms with Gasteiger partial charge in [-0.15, -0.1) is 0 Å². The van der Waals surface area contributed by atoms with E-state index in [9.17, 15) is 9.90 Å². The van der Waals surface area contributed by atoms with Crippen molar-refractivity contribution >= 4 is 21.8 Å². The Morgan fingerprint density at radius 2 is 2.28 bits per heavy atom. The van der Waals surface area contributed by atoms with Gasteiger partial charge in [-0.1, -0.05) is 15.9 Å². The average Bonchev–Trinajstić information content (AvgIpc) is 2.57. The van der Waals surface area contributed by atoms with E-state index in [1.54, 1.807) is 12.1 Å². The molecular weight excluding hydrogens is 298 g/mol. The number of carbonyl (C=O) groups excluding carboxylic acids is 1. The van der Waals surface area contributed by atoms with Gasteiger partial charge in [0.05, 0.1) is 6.61 Å². The summed E-state index contributed by atoms with van der Waals surface area (Å²) in [6.07, 6.45) is 2.27. The number of rotatable bonds is 3. The third kappa shape index (κ3) is 3.23. The van der Waals surface area contributed by atoms with E-state index in [0.717, 1.165) is 35.8 Å². The molecule has 0 spiro atoms. The molecule has 1 fully saturated rings. The van der Waals surface area contributed by atoms with E-state index < -0.39 is 6.10 Å². The van der Waals surface area contributed by atoms with E-state index in [1.165, 1.54) is 0 Å². The fourth-order valence-corrected chi connectivity index (χ4v) is 2.31. The van der Waals surface area contributed by atoms with Crippen molar-refractivity contribution in [1.82, 2.24) is 5.32 Å². The van der Waals surface area contributed by atoms with Gasteiger partial charge in [0, 0.05) is 11.0 Å². The maximum Gasteiger partial charge on any atom is 0.261 e. The monoisotopic (exact) mass is 313 g/mol. The molecule has 0 saturated carbocycles. The van der Waals surface area contributed by atoms with Gasteiger partial charge in [-0.2, -0.15) is 0 Å². The van der Waals surface area contributed by atoms with Gasteiger partial charge >= 0.3 is 0 Å². The Morgan fingerprint density at radius 1 is 1.44 bits per heavy atom. The van der Waals surface area contributed by atoms with Gasteiger partial charge in [-0.3, -0.25) is 4.79 Å².